The van der Waals surface area contributed by atoms with Crippen LogP contribution < -0.4 is 4.74 Å². The zero-order chi connectivity index (χ0) is 12.3. The molecule has 1 aliphatic carbocycles. The van der Waals surface area contributed by atoms with Gasteiger partial charge in [0.2, 0.25) is 0 Å². The molecule has 0 spiro atoms. The molecule has 1 aromatic rings. The number of aliphatic hydroxyl groups is 1. The predicted molar refractivity (Wildman–Crippen MR) is 61.8 cm³/mol. The molecule has 0 bridgehead atoms. The van der Waals surface area contributed by atoms with Crippen molar-refractivity contribution in [2.45, 2.75) is 37.9 Å². The average molecular weight is 236 g/mol. The van der Waals surface area contributed by atoms with Crippen LogP contribution in [0.2, 0.25) is 0 Å². The Hall–Kier alpha value is -1.55. The molecule has 0 aromatic heterocycles. The quantitative estimate of drug-likeness (QED) is 0.820. The Bertz CT molecular complexity index is 410. The Morgan fingerprint density at radius 2 is 2.18 bits per heavy atom. The molecule has 1 aliphatic rings. The van der Waals surface area contributed by atoms with E-state index in [1.54, 1.807) is 24.3 Å². The van der Waals surface area contributed by atoms with Gasteiger partial charge in [-0.25, -0.2) is 0 Å². The summed E-state index contributed by atoms with van der Waals surface area (Å²) in [6.45, 7) is -0.0386. The van der Waals surface area contributed by atoms with Crippen molar-refractivity contribution < 1.29 is 19.7 Å². The second-order valence-electron chi connectivity index (χ2n) is 4.51. The molecular formula is C13H16O4. The van der Waals surface area contributed by atoms with Crippen molar-refractivity contribution >= 4 is 5.97 Å². The monoisotopic (exact) mass is 236 g/mol. The molecule has 0 aliphatic heterocycles. The van der Waals surface area contributed by atoms with Crippen molar-refractivity contribution in [3.8, 4) is 5.75 Å². The van der Waals surface area contributed by atoms with E-state index < -0.39 is 11.6 Å². The first kappa shape index (κ1) is 11.9. The molecule has 2 N–H and O–H groups in total. The summed E-state index contributed by atoms with van der Waals surface area (Å²) in [5, 5.41) is 17.9. The van der Waals surface area contributed by atoms with Crippen LogP contribution in [0, 0.1) is 0 Å². The lowest BCUT2D eigenvalue weighted by Crippen LogP contribution is -2.45. The number of carboxylic acid groups (broad SMARTS) is 1. The number of hydrogen-bond donors (Lipinski definition) is 2. The minimum atomic E-state index is -0.831. The summed E-state index contributed by atoms with van der Waals surface area (Å²) in [4.78, 5) is 10.8. The van der Waals surface area contributed by atoms with Crippen LogP contribution in [0.3, 0.4) is 0 Å². The minimum Gasteiger partial charge on any atom is -0.487 e. The number of aliphatic carboxylic acids is 1. The lowest BCUT2D eigenvalue weighted by atomic mass is 9.77. The first-order valence-electron chi connectivity index (χ1n) is 5.74. The highest BCUT2D eigenvalue weighted by atomic mass is 16.5. The molecule has 0 heterocycles. The van der Waals surface area contributed by atoms with Gasteiger partial charge in [0.1, 0.15) is 11.4 Å². The summed E-state index contributed by atoms with van der Waals surface area (Å²) >= 11 is 0. The van der Waals surface area contributed by atoms with Crippen LogP contribution in [0.4, 0.5) is 0 Å². The molecule has 0 radical (unpaired) electrons. The van der Waals surface area contributed by atoms with Gasteiger partial charge in [0.05, 0.1) is 13.0 Å². The van der Waals surface area contributed by atoms with Gasteiger partial charge >= 0.3 is 5.97 Å². The maximum absolute atomic E-state index is 10.8. The molecule has 1 fully saturated rings. The third-order valence-electron chi connectivity index (χ3n) is 3.15. The van der Waals surface area contributed by atoms with Gasteiger partial charge in [0.25, 0.3) is 0 Å². The second-order valence-corrected chi connectivity index (χ2v) is 4.51. The van der Waals surface area contributed by atoms with Gasteiger partial charge in [0, 0.05) is 0 Å². The summed E-state index contributed by atoms with van der Waals surface area (Å²) in [7, 11) is 0. The van der Waals surface area contributed by atoms with Crippen molar-refractivity contribution in [2.75, 3.05) is 0 Å². The number of carbonyl (C=O) groups is 1. The smallest absolute Gasteiger partial charge is 0.307 e. The SMILES string of the molecule is O=C(O)CC1(Oc2cccc(CO)c2)CCC1. The van der Waals surface area contributed by atoms with Crippen LogP contribution in [-0.4, -0.2) is 21.8 Å². The maximum Gasteiger partial charge on any atom is 0.307 e. The van der Waals surface area contributed by atoms with E-state index in [2.05, 4.69) is 0 Å². The molecule has 0 saturated heterocycles. The number of ether oxygens (including phenoxy) is 1. The van der Waals surface area contributed by atoms with Crippen molar-refractivity contribution in [3.05, 3.63) is 29.8 Å². The van der Waals surface area contributed by atoms with E-state index >= 15 is 0 Å². The zero-order valence-corrected chi connectivity index (χ0v) is 9.56. The van der Waals surface area contributed by atoms with Crippen LogP contribution >= 0.6 is 0 Å². The molecule has 0 unspecified atom stereocenters. The van der Waals surface area contributed by atoms with Crippen LogP contribution in [0.15, 0.2) is 24.3 Å². The molecule has 0 amide bonds. The van der Waals surface area contributed by atoms with E-state index in [9.17, 15) is 4.79 Å². The van der Waals surface area contributed by atoms with E-state index in [1.165, 1.54) is 0 Å². The fraction of sp³-hybridized carbons (Fsp3) is 0.462. The van der Waals surface area contributed by atoms with Gasteiger partial charge in [-0.15, -0.1) is 0 Å². The Morgan fingerprint density at radius 1 is 1.41 bits per heavy atom. The van der Waals surface area contributed by atoms with Gasteiger partial charge < -0.3 is 14.9 Å². The summed E-state index contributed by atoms with van der Waals surface area (Å²) in [5.74, 6) is -0.194. The highest BCUT2D eigenvalue weighted by Crippen LogP contribution is 2.39. The Kier molecular flexibility index (Phi) is 3.33. The number of rotatable bonds is 5. The highest BCUT2D eigenvalue weighted by Gasteiger charge is 2.41. The lowest BCUT2D eigenvalue weighted by Gasteiger charge is -2.40. The Morgan fingerprint density at radius 3 is 2.71 bits per heavy atom. The average Bonchev–Trinajstić information content (AvgIpc) is 2.26. The van der Waals surface area contributed by atoms with Gasteiger partial charge in [-0.05, 0) is 37.0 Å². The molecule has 0 atom stereocenters. The van der Waals surface area contributed by atoms with Crippen molar-refractivity contribution in [1.82, 2.24) is 0 Å². The third kappa shape index (κ3) is 2.77. The van der Waals surface area contributed by atoms with Gasteiger partial charge in [-0.1, -0.05) is 12.1 Å². The van der Waals surface area contributed by atoms with E-state index in [0.717, 1.165) is 24.8 Å². The van der Waals surface area contributed by atoms with E-state index in [4.69, 9.17) is 14.9 Å². The van der Waals surface area contributed by atoms with Crippen LogP contribution in [0.25, 0.3) is 0 Å². The number of aliphatic hydroxyl groups excluding tert-OH is 1. The lowest BCUT2D eigenvalue weighted by molar-refractivity contribution is -0.144. The van der Waals surface area contributed by atoms with Gasteiger partial charge in [-0.3, -0.25) is 4.79 Å². The number of carboxylic acids is 1. The number of hydrogen-bond acceptors (Lipinski definition) is 3. The topological polar surface area (TPSA) is 66.8 Å². The summed E-state index contributed by atoms with van der Waals surface area (Å²) in [6, 6.07) is 7.15. The van der Waals surface area contributed by atoms with Crippen LogP contribution in [0.5, 0.6) is 5.75 Å². The first-order valence-corrected chi connectivity index (χ1v) is 5.74. The maximum atomic E-state index is 10.8. The van der Waals surface area contributed by atoms with E-state index in [1.807, 2.05) is 0 Å². The Labute approximate surface area is 99.8 Å². The van der Waals surface area contributed by atoms with Crippen LogP contribution in [0.1, 0.15) is 31.2 Å². The minimum absolute atomic E-state index is 0.0380. The molecule has 92 valence electrons. The molecule has 1 aromatic carbocycles. The second kappa shape index (κ2) is 4.75. The molecule has 4 heteroatoms. The summed E-state index contributed by atoms with van der Waals surface area (Å²) in [5.41, 5.74) is 0.229. The molecular weight excluding hydrogens is 220 g/mol. The Balaban J connectivity index is 2.09. The summed E-state index contributed by atoms with van der Waals surface area (Å²) in [6.07, 6.45) is 2.61. The standard InChI is InChI=1S/C13H16O4/c14-9-10-3-1-4-11(7-10)17-13(5-2-6-13)8-12(15)16/h1,3-4,7,14H,2,5-6,8-9H2,(H,15,16). The molecule has 2 rings (SSSR count). The fourth-order valence-electron chi connectivity index (χ4n) is 2.12. The summed E-state index contributed by atoms with van der Waals surface area (Å²) < 4.78 is 5.80. The van der Waals surface area contributed by atoms with Gasteiger partial charge in [-0.2, -0.15) is 0 Å². The van der Waals surface area contributed by atoms with E-state index in [-0.39, 0.29) is 13.0 Å². The third-order valence-corrected chi connectivity index (χ3v) is 3.15. The van der Waals surface area contributed by atoms with Crippen molar-refractivity contribution in [1.29, 1.82) is 0 Å². The first-order chi connectivity index (χ1) is 8.13. The highest BCUT2D eigenvalue weighted by molar-refractivity contribution is 5.68. The normalized spacial score (nSPS) is 17.2. The van der Waals surface area contributed by atoms with Crippen molar-refractivity contribution in [2.24, 2.45) is 0 Å². The van der Waals surface area contributed by atoms with E-state index in [0.29, 0.717) is 5.75 Å². The molecule has 4 nitrogen and oxygen atoms in total. The number of benzene rings is 1. The molecule has 1 saturated carbocycles. The predicted octanol–water partition coefficient (Wildman–Crippen LogP) is 1.96. The zero-order valence-electron chi connectivity index (χ0n) is 9.56. The largest absolute Gasteiger partial charge is 0.487 e. The van der Waals surface area contributed by atoms with Gasteiger partial charge in [0.15, 0.2) is 0 Å². The molecule has 17 heavy (non-hydrogen) atoms. The van der Waals surface area contributed by atoms with Crippen LogP contribution in [-0.2, 0) is 11.4 Å². The fourth-order valence-corrected chi connectivity index (χ4v) is 2.12. The van der Waals surface area contributed by atoms with Crippen molar-refractivity contribution in [3.63, 3.8) is 0 Å².